The van der Waals surface area contributed by atoms with Crippen molar-refractivity contribution in [3.8, 4) is 5.75 Å². The highest BCUT2D eigenvalue weighted by molar-refractivity contribution is 5.78. The zero-order valence-corrected chi connectivity index (χ0v) is 17.0. The van der Waals surface area contributed by atoms with Crippen LogP contribution in [-0.2, 0) is 11.2 Å². The lowest BCUT2D eigenvalue weighted by Gasteiger charge is -2.36. The number of anilines is 2. The molecule has 1 fully saturated rings. The maximum absolute atomic E-state index is 13.8. The molecular weight excluding hydrogens is 367 g/mol. The Labute approximate surface area is 172 Å². The first-order valence-electron chi connectivity index (χ1n) is 10.7. The molecule has 0 aliphatic carbocycles. The molecule has 2 atom stereocenters. The Kier molecular flexibility index (Phi) is 6.14. The van der Waals surface area contributed by atoms with Crippen molar-refractivity contribution in [1.82, 2.24) is 4.90 Å². The number of nitrogens with zero attached hydrogens (tertiary/aromatic N) is 2. The fourth-order valence-electron chi connectivity index (χ4n) is 4.57. The third-order valence-corrected chi connectivity index (χ3v) is 6.14. The Balaban J connectivity index is 1.44. The van der Waals surface area contributed by atoms with E-state index in [4.69, 9.17) is 4.74 Å². The molecule has 2 aromatic rings. The van der Waals surface area contributed by atoms with E-state index in [1.165, 1.54) is 31.5 Å². The number of benzene rings is 2. The van der Waals surface area contributed by atoms with Gasteiger partial charge in [0.05, 0.1) is 12.6 Å². The molecule has 0 amide bonds. The van der Waals surface area contributed by atoms with Gasteiger partial charge in [-0.2, -0.15) is 0 Å². The van der Waals surface area contributed by atoms with E-state index < -0.39 is 0 Å². The smallest absolute Gasteiger partial charge is 0.142 e. The molecule has 0 saturated carbocycles. The summed E-state index contributed by atoms with van der Waals surface area (Å²) in [4.78, 5) is 16.1. The van der Waals surface area contributed by atoms with Crippen molar-refractivity contribution in [3.05, 3.63) is 53.8 Å². The van der Waals surface area contributed by atoms with Crippen LogP contribution in [0.4, 0.5) is 15.8 Å². The van der Waals surface area contributed by atoms with Crippen molar-refractivity contribution in [1.29, 1.82) is 0 Å². The molecule has 4 nitrogen and oxygen atoms in total. The topological polar surface area (TPSA) is 32.8 Å². The van der Waals surface area contributed by atoms with Crippen LogP contribution < -0.4 is 9.64 Å². The Hall–Kier alpha value is -2.40. The number of hydrogen-bond donors (Lipinski definition) is 0. The van der Waals surface area contributed by atoms with Crippen LogP contribution in [0.1, 0.15) is 38.2 Å². The summed E-state index contributed by atoms with van der Waals surface area (Å²) in [5, 5.41) is 0. The Morgan fingerprint density at radius 1 is 1.21 bits per heavy atom. The minimum Gasteiger partial charge on any atom is -0.494 e. The van der Waals surface area contributed by atoms with Gasteiger partial charge in [-0.05, 0) is 87.5 Å². The largest absolute Gasteiger partial charge is 0.494 e. The van der Waals surface area contributed by atoms with E-state index in [1.54, 1.807) is 6.07 Å². The maximum Gasteiger partial charge on any atom is 0.142 e. The molecule has 1 unspecified atom stereocenters. The van der Waals surface area contributed by atoms with Gasteiger partial charge in [-0.25, -0.2) is 4.39 Å². The molecule has 0 radical (unpaired) electrons. The van der Waals surface area contributed by atoms with Gasteiger partial charge in [0.15, 0.2) is 0 Å². The second-order valence-electron chi connectivity index (χ2n) is 8.11. The van der Waals surface area contributed by atoms with Gasteiger partial charge in [0.25, 0.3) is 0 Å². The quantitative estimate of drug-likeness (QED) is 0.500. The lowest BCUT2D eigenvalue weighted by atomic mass is 9.95. The van der Waals surface area contributed by atoms with E-state index in [2.05, 4.69) is 17.9 Å². The summed E-state index contributed by atoms with van der Waals surface area (Å²) in [6.45, 7) is 5.29. The number of aryl methyl sites for hydroxylation is 1. The van der Waals surface area contributed by atoms with Crippen LogP contribution in [0.25, 0.3) is 0 Å². The van der Waals surface area contributed by atoms with E-state index >= 15 is 0 Å². The molecule has 0 aromatic heterocycles. The number of halogens is 1. The van der Waals surface area contributed by atoms with Crippen LogP contribution in [0.5, 0.6) is 5.75 Å². The van der Waals surface area contributed by atoms with E-state index in [0.717, 1.165) is 42.7 Å². The third-order valence-electron chi connectivity index (χ3n) is 6.14. The fourth-order valence-corrected chi connectivity index (χ4v) is 4.57. The summed E-state index contributed by atoms with van der Waals surface area (Å²) in [5.74, 6) is 0.563. The minimum atomic E-state index is -0.299. The van der Waals surface area contributed by atoms with Gasteiger partial charge in [-0.15, -0.1) is 0 Å². The highest BCUT2D eigenvalue weighted by Gasteiger charge is 2.28. The number of fused-ring (bicyclic) bond motifs is 1. The molecule has 29 heavy (non-hydrogen) atoms. The summed E-state index contributed by atoms with van der Waals surface area (Å²) >= 11 is 0. The van der Waals surface area contributed by atoms with Gasteiger partial charge in [0.1, 0.15) is 17.9 Å². The Bertz CT molecular complexity index is 857. The molecule has 154 valence electrons. The Morgan fingerprint density at radius 2 is 2.10 bits per heavy atom. The van der Waals surface area contributed by atoms with E-state index in [0.29, 0.717) is 24.8 Å². The first kappa shape index (κ1) is 19.9. The van der Waals surface area contributed by atoms with Gasteiger partial charge < -0.3 is 19.3 Å². The summed E-state index contributed by atoms with van der Waals surface area (Å²) in [6, 6.07) is 12.9. The molecule has 4 rings (SSSR count). The Morgan fingerprint density at radius 3 is 2.86 bits per heavy atom. The number of aldehydes is 1. The predicted octanol–water partition coefficient (Wildman–Crippen LogP) is 4.73. The number of hydrogen-bond acceptors (Lipinski definition) is 4. The summed E-state index contributed by atoms with van der Waals surface area (Å²) in [6.07, 6.45) is 6.10. The molecule has 2 aliphatic heterocycles. The summed E-state index contributed by atoms with van der Waals surface area (Å²) in [7, 11) is 0. The number of rotatable bonds is 7. The average Bonchev–Trinajstić information content (AvgIpc) is 3.15. The van der Waals surface area contributed by atoms with Gasteiger partial charge in [0, 0.05) is 24.0 Å². The second-order valence-corrected chi connectivity index (χ2v) is 8.11. The molecule has 0 bridgehead atoms. The minimum absolute atomic E-state index is 0.279. The third kappa shape index (κ3) is 4.45. The number of likely N-dealkylation sites (tertiary alicyclic amines) is 1. The van der Waals surface area contributed by atoms with Gasteiger partial charge in [0.2, 0.25) is 0 Å². The highest BCUT2D eigenvalue weighted by atomic mass is 19.1. The molecule has 5 heteroatoms. The van der Waals surface area contributed by atoms with Crippen molar-refractivity contribution in [2.75, 3.05) is 24.6 Å². The molecule has 0 spiro atoms. The number of carbonyl (C=O) groups excluding carboxylic acids is 1. The SMILES string of the molecule is C[C@@H]1CCCN1CCCOc1ccc2c(c1)CCC(C=O)N2c1cccc(F)c1. The lowest BCUT2D eigenvalue weighted by Crippen LogP contribution is -2.36. The van der Waals surface area contributed by atoms with E-state index in [9.17, 15) is 9.18 Å². The van der Waals surface area contributed by atoms with Crippen molar-refractivity contribution in [2.45, 2.75) is 51.1 Å². The van der Waals surface area contributed by atoms with Gasteiger partial charge in [-0.3, -0.25) is 0 Å². The summed E-state index contributed by atoms with van der Waals surface area (Å²) < 4.78 is 19.8. The van der Waals surface area contributed by atoms with E-state index in [-0.39, 0.29) is 11.9 Å². The lowest BCUT2D eigenvalue weighted by molar-refractivity contribution is -0.109. The predicted molar refractivity (Wildman–Crippen MR) is 114 cm³/mol. The number of carbonyl (C=O) groups is 1. The van der Waals surface area contributed by atoms with Crippen LogP contribution in [-0.4, -0.2) is 43.0 Å². The molecule has 1 saturated heterocycles. The molecular formula is C24H29FN2O2. The monoisotopic (exact) mass is 396 g/mol. The number of ether oxygens (including phenoxy) is 1. The second kappa shape index (κ2) is 8.95. The van der Waals surface area contributed by atoms with Crippen LogP contribution in [0.3, 0.4) is 0 Å². The van der Waals surface area contributed by atoms with Crippen LogP contribution in [0.2, 0.25) is 0 Å². The molecule has 2 heterocycles. The molecule has 2 aliphatic rings. The van der Waals surface area contributed by atoms with Crippen molar-refractivity contribution >= 4 is 17.7 Å². The first-order chi connectivity index (χ1) is 14.2. The van der Waals surface area contributed by atoms with Crippen molar-refractivity contribution < 1.29 is 13.9 Å². The van der Waals surface area contributed by atoms with Gasteiger partial charge in [-0.1, -0.05) is 6.07 Å². The maximum atomic E-state index is 13.8. The first-order valence-corrected chi connectivity index (χ1v) is 10.7. The summed E-state index contributed by atoms with van der Waals surface area (Å²) in [5.41, 5.74) is 2.80. The fraction of sp³-hybridized carbons (Fsp3) is 0.458. The average molecular weight is 397 g/mol. The van der Waals surface area contributed by atoms with E-state index in [1.807, 2.05) is 23.1 Å². The zero-order chi connectivity index (χ0) is 20.2. The highest BCUT2D eigenvalue weighted by Crippen LogP contribution is 2.38. The van der Waals surface area contributed by atoms with Crippen molar-refractivity contribution in [2.24, 2.45) is 0 Å². The zero-order valence-electron chi connectivity index (χ0n) is 17.0. The van der Waals surface area contributed by atoms with Crippen molar-refractivity contribution in [3.63, 3.8) is 0 Å². The van der Waals surface area contributed by atoms with Gasteiger partial charge >= 0.3 is 0 Å². The molecule has 0 N–H and O–H groups in total. The van der Waals surface area contributed by atoms with Crippen LogP contribution in [0, 0.1) is 5.82 Å². The standard InChI is InChI=1S/C24H29FN2O2/c1-18-5-3-12-26(18)13-4-14-29-23-10-11-24-19(15-23)8-9-22(17-28)27(24)21-7-2-6-20(25)16-21/h2,6-7,10-11,15-18,22H,3-5,8-9,12-14H2,1H3/t18-,22?/m1/s1. The molecule has 2 aromatic carbocycles. The van der Waals surface area contributed by atoms with Crippen LogP contribution in [0.15, 0.2) is 42.5 Å². The normalized spacial score (nSPS) is 21.8. The van der Waals surface area contributed by atoms with Crippen LogP contribution >= 0.6 is 0 Å².